The third-order valence-electron chi connectivity index (χ3n) is 8.74. The molecule has 5 aliphatic rings. The highest BCUT2D eigenvalue weighted by molar-refractivity contribution is 5.91. The Kier molecular flexibility index (Phi) is 4.31. The minimum absolute atomic E-state index is 0. The SMILES string of the molecule is Cl.O=C1CC[C@@]2(O)[C@H]3Cc4ccc(-c5cccc(O)c5)c5c4[C@@]2(CCN3CC2CC2)[C@H]1O5. The van der Waals surface area contributed by atoms with Crippen molar-refractivity contribution in [2.45, 2.75) is 61.7 Å². The van der Waals surface area contributed by atoms with Gasteiger partial charge in [0.05, 0.1) is 11.0 Å². The van der Waals surface area contributed by atoms with Gasteiger partial charge < -0.3 is 14.9 Å². The van der Waals surface area contributed by atoms with Gasteiger partial charge in [0.25, 0.3) is 0 Å². The molecule has 1 saturated heterocycles. The van der Waals surface area contributed by atoms with Crippen LogP contribution in [0.1, 0.15) is 43.2 Å². The minimum Gasteiger partial charge on any atom is -0.508 e. The molecule has 168 valence electrons. The molecule has 32 heavy (non-hydrogen) atoms. The second kappa shape index (κ2) is 6.72. The van der Waals surface area contributed by atoms with Crippen LogP contribution in [0.2, 0.25) is 0 Å². The van der Waals surface area contributed by atoms with Gasteiger partial charge >= 0.3 is 0 Å². The molecule has 0 aromatic heterocycles. The molecule has 2 aromatic rings. The van der Waals surface area contributed by atoms with Crippen molar-refractivity contribution in [2.24, 2.45) is 5.92 Å². The maximum absolute atomic E-state index is 13.1. The van der Waals surface area contributed by atoms with E-state index in [9.17, 15) is 15.0 Å². The van der Waals surface area contributed by atoms with Crippen molar-refractivity contribution in [3.05, 3.63) is 47.5 Å². The van der Waals surface area contributed by atoms with E-state index in [0.29, 0.717) is 12.8 Å². The number of aliphatic hydroxyl groups is 1. The van der Waals surface area contributed by atoms with E-state index in [0.717, 1.165) is 54.3 Å². The molecule has 2 aromatic carbocycles. The second-order valence-corrected chi connectivity index (χ2v) is 10.3. The topological polar surface area (TPSA) is 70.0 Å². The van der Waals surface area contributed by atoms with Gasteiger partial charge in [-0.15, -0.1) is 12.4 Å². The summed E-state index contributed by atoms with van der Waals surface area (Å²) in [4.78, 5) is 15.7. The number of likely N-dealkylation sites (tertiary alicyclic amines) is 1. The van der Waals surface area contributed by atoms with Gasteiger partial charge in [-0.05, 0) is 67.8 Å². The van der Waals surface area contributed by atoms with Gasteiger partial charge in [0.2, 0.25) is 0 Å². The van der Waals surface area contributed by atoms with Crippen LogP contribution in [0.4, 0.5) is 0 Å². The number of aromatic hydroxyl groups is 1. The molecule has 2 bridgehead atoms. The Bertz CT molecular complexity index is 1130. The summed E-state index contributed by atoms with van der Waals surface area (Å²) in [5, 5.41) is 22.4. The normalized spacial score (nSPS) is 34.5. The average molecular weight is 454 g/mol. The van der Waals surface area contributed by atoms with Crippen LogP contribution in [-0.2, 0) is 16.6 Å². The number of hydrogen-bond donors (Lipinski definition) is 2. The lowest BCUT2D eigenvalue weighted by molar-refractivity contribution is -0.188. The first-order chi connectivity index (χ1) is 15.0. The van der Waals surface area contributed by atoms with Crippen molar-refractivity contribution in [3.8, 4) is 22.6 Å². The lowest BCUT2D eigenvalue weighted by atomic mass is 9.49. The number of carbonyl (C=O) groups excluding carboxylic acids is 1. The number of hydrogen-bond acceptors (Lipinski definition) is 5. The van der Waals surface area contributed by atoms with Crippen LogP contribution in [0.15, 0.2) is 36.4 Å². The number of piperidine rings is 1. The molecular formula is C26H28ClNO4. The zero-order valence-electron chi connectivity index (χ0n) is 17.9. The molecule has 2 N–H and O–H groups in total. The van der Waals surface area contributed by atoms with Gasteiger partial charge in [0.15, 0.2) is 11.9 Å². The Morgan fingerprint density at radius 2 is 2.00 bits per heavy atom. The zero-order valence-corrected chi connectivity index (χ0v) is 18.7. The summed E-state index contributed by atoms with van der Waals surface area (Å²) >= 11 is 0. The molecule has 3 fully saturated rings. The highest BCUT2D eigenvalue weighted by Gasteiger charge is 2.73. The molecule has 0 amide bonds. The van der Waals surface area contributed by atoms with Gasteiger partial charge in [-0.1, -0.05) is 24.3 Å². The lowest BCUT2D eigenvalue weighted by Crippen LogP contribution is -2.76. The first kappa shape index (κ1) is 20.5. The number of ketones is 1. The molecule has 3 aliphatic carbocycles. The second-order valence-electron chi connectivity index (χ2n) is 10.3. The number of ether oxygens (including phenoxy) is 1. The summed E-state index contributed by atoms with van der Waals surface area (Å²) < 4.78 is 6.50. The number of nitrogens with zero attached hydrogens (tertiary/aromatic N) is 1. The van der Waals surface area contributed by atoms with Crippen LogP contribution in [-0.4, -0.2) is 51.7 Å². The summed E-state index contributed by atoms with van der Waals surface area (Å²) in [6.07, 6.45) is 4.44. The first-order valence-electron chi connectivity index (χ1n) is 11.6. The number of halogens is 1. The van der Waals surface area contributed by atoms with Crippen molar-refractivity contribution in [2.75, 3.05) is 13.1 Å². The van der Waals surface area contributed by atoms with Crippen molar-refractivity contribution in [1.29, 1.82) is 0 Å². The summed E-state index contributed by atoms with van der Waals surface area (Å²) in [6, 6.07) is 11.4. The number of rotatable bonds is 3. The monoisotopic (exact) mass is 453 g/mol. The van der Waals surface area contributed by atoms with Crippen LogP contribution >= 0.6 is 12.4 Å². The van der Waals surface area contributed by atoms with Gasteiger partial charge in [-0.2, -0.15) is 0 Å². The molecule has 7 rings (SSSR count). The summed E-state index contributed by atoms with van der Waals surface area (Å²) in [5.41, 5.74) is 2.46. The predicted octanol–water partition coefficient (Wildman–Crippen LogP) is 3.61. The number of benzene rings is 2. The Labute approximate surface area is 193 Å². The van der Waals surface area contributed by atoms with Crippen LogP contribution < -0.4 is 4.74 Å². The van der Waals surface area contributed by atoms with E-state index in [1.165, 1.54) is 18.4 Å². The van der Waals surface area contributed by atoms with Gasteiger partial charge in [0, 0.05) is 30.1 Å². The van der Waals surface area contributed by atoms with Crippen molar-refractivity contribution in [3.63, 3.8) is 0 Å². The Morgan fingerprint density at radius 3 is 2.78 bits per heavy atom. The van der Waals surface area contributed by atoms with E-state index in [-0.39, 0.29) is 30.0 Å². The van der Waals surface area contributed by atoms with Crippen LogP contribution in [0, 0.1) is 5.92 Å². The molecule has 0 radical (unpaired) electrons. The Morgan fingerprint density at radius 1 is 1.16 bits per heavy atom. The van der Waals surface area contributed by atoms with Crippen LogP contribution in [0.5, 0.6) is 11.5 Å². The van der Waals surface area contributed by atoms with Crippen molar-refractivity contribution in [1.82, 2.24) is 4.90 Å². The smallest absolute Gasteiger partial charge is 0.174 e. The molecule has 4 atom stereocenters. The summed E-state index contributed by atoms with van der Waals surface area (Å²) in [5.74, 6) is 1.83. The minimum atomic E-state index is -0.936. The standard InChI is InChI=1S/C26H27NO4.ClH/c28-18-3-1-2-16(12-18)19-7-6-17-13-21-26(30)9-8-20(29)24-25(26,22(17)23(19)31-24)10-11-27(21)14-15-4-5-15;/h1-3,6-7,12,15,21,24,28,30H,4-5,8-11,13-14H2;1H/t21-,24+,25+,26-;/m1./s1. The van der Waals surface area contributed by atoms with E-state index >= 15 is 0 Å². The molecule has 2 heterocycles. The first-order valence-corrected chi connectivity index (χ1v) is 11.6. The predicted molar refractivity (Wildman–Crippen MR) is 122 cm³/mol. The Balaban J connectivity index is 0.00000196. The summed E-state index contributed by atoms with van der Waals surface area (Å²) in [6.45, 7) is 1.97. The van der Waals surface area contributed by atoms with Crippen molar-refractivity contribution >= 4 is 18.2 Å². The number of phenolic OH excluding ortho intramolecular Hbond substituents is 1. The average Bonchev–Trinajstić information content (AvgIpc) is 3.49. The van der Waals surface area contributed by atoms with Gasteiger partial charge in [-0.3, -0.25) is 9.69 Å². The van der Waals surface area contributed by atoms with Crippen molar-refractivity contribution < 1.29 is 19.7 Å². The molecule has 2 saturated carbocycles. The maximum atomic E-state index is 13.1. The molecule has 6 heteroatoms. The molecule has 5 nitrogen and oxygen atoms in total. The largest absolute Gasteiger partial charge is 0.508 e. The van der Waals surface area contributed by atoms with Crippen LogP contribution in [0.3, 0.4) is 0 Å². The fraction of sp³-hybridized carbons (Fsp3) is 0.500. The molecular weight excluding hydrogens is 426 g/mol. The van der Waals surface area contributed by atoms with Gasteiger partial charge in [0.1, 0.15) is 11.5 Å². The molecule has 2 aliphatic heterocycles. The van der Waals surface area contributed by atoms with E-state index < -0.39 is 17.1 Å². The molecule has 1 spiro atoms. The third kappa shape index (κ3) is 2.45. The zero-order chi connectivity index (χ0) is 21.0. The molecule has 0 unspecified atom stereocenters. The summed E-state index contributed by atoms with van der Waals surface area (Å²) in [7, 11) is 0. The fourth-order valence-corrected chi connectivity index (χ4v) is 7.18. The highest BCUT2D eigenvalue weighted by Crippen LogP contribution is 2.64. The Hall–Kier alpha value is -2.08. The van der Waals surface area contributed by atoms with E-state index in [2.05, 4.69) is 17.0 Å². The number of phenols is 1. The maximum Gasteiger partial charge on any atom is 0.174 e. The fourth-order valence-electron chi connectivity index (χ4n) is 7.18. The van der Waals surface area contributed by atoms with E-state index in [1.807, 2.05) is 12.1 Å². The van der Waals surface area contributed by atoms with E-state index in [1.54, 1.807) is 12.1 Å². The quantitative estimate of drug-likeness (QED) is 0.742. The third-order valence-corrected chi connectivity index (χ3v) is 8.74. The van der Waals surface area contributed by atoms with E-state index in [4.69, 9.17) is 4.74 Å². The number of Topliss-reactive ketones (excluding diaryl/α,β-unsaturated/α-hetero) is 1. The highest BCUT2D eigenvalue weighted by atomic mass is 35.5. The van der Waals surface area contributed by atoms with Crippen LogP contribution in [0.25, 0.3) is 11.1 Å². The van der Waals surface area contributed by atoms with Gasteiger partial charge in [-0.25, -0.2) is 0 Å². The number of carbonyl (C=O) groups is 1. The lowest BCUT2D eigenvalue weighted by Gasteiger charge is -2.62.